The summed E-state index contributed by atoms with van der Waals surface area (Å²) in [6.45, 7) is 1.76. The van der Waals surface area contributed by atoms with E-state index < -0.39 is 18.5 Å². The first kappa shape index (κ1) is 12.7. The van der Waals surface area contributed by atoms with E-state index in [0.29, 0.717) is 11.5 Å². The zero-order valence-corrected chi connectivity index (χ0v) is 9.78. The molecule has 0 aliphatic heterocycles. The van der Waals surface area contributed by atoms with Crippen LogP contribution in [0.25, 0.3) is 5.65 Å². The molecule has 4 nitrogen and oxygen atoms in total. The van der Waals surface area contributed by atoms with E-state index in [9.17, 15) is 13.2 Å². The summed E-state index contributed by atoms with van der Waals surface area (Å²) in [5, 5.41) is 2.90. The molecular formula is C11H13F3N4. The third kappa shape index (κ3) is 3.12. The zero-order chi connectivity index (χ0) is 13.2. The summed E-state index contributed by atoms with van der Waals surface area (Å²) in [6, 6.07) is 0. The molecule has 1 unspecified atom stereocenters. The van der Waals surface area contributed by atoms with Crippen molar-refractivity contribution < 1.29 is 13.2 Å². The van der Waals surface area contributed by atoms with Crippen molar-refractivity contribution in [3.63, 3.8) is 0 Å². The molecule has 2 aromatic rings. The average molecular weight is 258 g/mol. The SMILES string of the molecule is CC(CNc1nccn2ccnc12)CC(F)(F)F. The molecule has 0 spiro atoms. The normalized spacial score (nSPS) is 13.8. The van der Waals surface area contributed by atoms with Crippen molar-refractivity contribution in [3.8, 4) is 0 Å². The number of fused-ring (bicyclic) bond motifs is 1. The molecular weight excluding hydrogens is 245 g/mol. The lowest BCUT2D eigenvalue weighted by Crippen LogP contribution is -2.20. The molecule has 0 aromatic carbocycles. The number of anilines is 1. The number of halogens is 3. The predicted octanol–water partition coefficient (Wildman–Crippen LogP) is 2.73. The Balaban J connectivity index is 2.00. The molecule has 0 saturated carbocycles. The Morgan fingerprint density at radius 3 is 2.61 bits per heavy atom. The number of nitrogens with one attached hydrogen (secondary N) is 1. The number of nitrogens with zero attached hydrogens (tertiary/aromatic N) is 3. The monoisotopic (exact) mass is 258 g/mol. The van der Waals surface area contributed by atoms with Crippen molar-refractivity contribution in [2.24, 2.45) is 5.92 Å². The third-order valence-electron chi connectivity index (χ3n) is 2.51. The third-order valence-corrected chi connectivity index (χ3v) is 2.51. The molecule has 7 heteroatoms. The molecule has 98 valence electrons. The Bertz CT molecular complexity index is 520. The fraction of sp³-hybridized carbons (Fsp3) is 0.455. The van der Waals surface area contributed by atoms with E-state index in [2.05, 4.69) is 15.3 Å². The lowest BCUT2D eigenvalue weighted by atomic mass is 10.1. The Labute approximate surface area is 102 Å². The van der Waals surface area contributed by atoms with Gasteiger partial charge in [-0.25, -0.2) is 9.97 Å². The van der Waals surface area contributed by atoms with Gasteiger partial charge in [-0.15, -0.1) is 0 Å². The molecule has 0 bridgehead atoms. The molecule has 0 fully saturated rings. The van der Waals surface area contributed by atoms with Crippen LogP contribution in [-0.4, -0.2) is 27.1 Å². The summed E-state index contributed by atoms with van der Waals surface area (Å²) in [6.07, 6.45) is 1.73. The van der Waals surface area contributed by atoms with Crippen molar-refractivity contribution in [1.82, 2.24) is 14.4 Å². The predicted molar refractivity (Wildman–Crippen MR) is 61.3 cm³/mol. The van der Waals surface area contributed by atoms with Gasteiger partial charge >= 0.3 is 6.18 Å². The summed E-state index contributed by atoms with van der Waals surface area (Å²) >= 11 is 0. The number of aromatic nitrogens is 3. The molecule has 18 heavy (non-hydrogen) atoms. The molecule has 1 atom stereocenters. The lowest BCUT2D eigenvalue weighted by molar-refractivity contribution is -0.142. The summed E-state index contributed by atoms with van der Waals surface area (Å²) in [7, 11) is 0. The highest BCUT2D eigenvalue weighted by molar-refractivity contribution is 5.62. The molecule has 0 aliphatic rings. The standard InChI is InChI=1S/C11H13F3N4/c1-8(6-11(12,13)14)7-17-9-10-16-3-5-18(10)4-2-15-9/h2-5,8H,6-7H2,1H3,(H,15,17). The van der Waals surface area contributed by atoms with Gasteiger partial charge in [0.15, 0.2) is 11.5 Å². The summed E-state index contributed by atoms with van der Waals surface area (Å²) < 4.78 is 38.3. The highest BCUT2D eigenvalue weighted by atomic mass is 19.4. The molecule has 1 N–H and O–H groups in total. The number of imidazole rings is 1. The first-order valence-corrected chi connectivity index (χ1v) is 5.54. The van der Waals surface area contributed by atoms with E-state index in [-0.39, 0.29) is 6.54 Å². The largest absolute Gasteiger partial charge is 0.389 e. The molecule has 2 aromatic heterocycles. The second-order valence-corrected chi connectivity index (χ2v) is 4.24. The van der Waals surface area contributed by atoms with Crippen LogP contribution in [0, 0.1) is 5.92 Å². The smallest absolute Gasteiger partial charge is 0.367 e. The fourth-order valence-electron chi connectivity index (χ4n) is 1.72. The maximum absolute atomic E-state index is 12.2. The van der Waals surface area contributed by atoms with Crippen LogP contribution in [0.4, 0.5) is 19.0 Å². The van der Waals surface area contributed by atoms with Crippen LogP contribution < -0.4 is 5.32 Å². The number of hydrogen-bond acceptors (Lipinski definition) is 3. The Morgan fingerprint density at radius 2 is 1.94 bits per heavy atom. The molecule has 0 aliphatic carbocycles. The zero-order valence-electron chi connectivity index (χ0n) is 9.78. The van der Waals surface area contributed by atoms with Crippen LogP contribution in [0.3, 0.4) is 0 Å². The molecule has 0 amide bonds. The topological polar surface area (TPSA) is 42.2 Å². The Kier molecular flexibility index (Phi) is 3.40. The summed E-state index contributed by atoms with van der Waals surface area (Å²) in [4.78, 5) is 8.16. The number of alkyl halides is 3. The van der Waals surface area contributed by atoms with Crippen molar-refractivity contribution in [2.75, 3.05) is 11.9 Å². The Hall–Kier alpha value is -1.79. The highest BCUT2D eigenvalue weighted by Crippen LogP contribution is 2.24. The first-order valence-electron chi connectivity index (χ1n) is 5.54. The van der Waals surface area contributed by atoms with Crippen LogP contribution in [-0.2, 0) is 0 Å². The minimum atomic E-state index is -4.13. The van der Waals surface area contributed by atoms with Gasteiger partial charge in [-0.3, -0.25) is 0 Å². The fourth-order valence-corrected chi connectivity index (χ4v) is 1.72. The van der Waals surface area contributed by atoms with Gasteiger partial charge in [0.2, 0.25) is 0 Å². The van der Waals surface area contributed by atoms with Crippen molar-refractivity contribution in [3.05, 3.63) is 24.8 Å². The average Bonchev–Trinajstić information content (AvgIpc) is 2.72. The second kappa shape index (κ2) is 4.83. The van der Waals surface area contributed by atoms with E-state index >= 15 is 0 Å². The van der Waals surface area contributed by atoms with Gasteiger partial charge in [-0.05, 0) is 5.92 Å². The molecule has 2 rings (SSSR count). The van der Waals surface area contributed by atoms with Gasteiger partial charge in [0.25, 0.3) is 0 Å². The van der Waals surface area contributed by atoms with Crippen LogP contribution in [0.5, 0.6) is 0 Å². The van der Waals surface area contributed by atoms with E-state index in [4.69, 9.17) is 0 Å². The quantitative estimate of drug-likeness (QED) is 0.916. The second-order valence-electron chi connectivity index (χ2n) is 4.24. The maximum Gasteiger partial charge on any atom is 0.389 e. The van der Waals surface area contributed by atoms with Crippen LogP contribution in [0.1, 0.15) is 13.3 Å². The van der Waals surface area contributed by atoms with Gasteiger partial charge in [-0.1, -0.05) is 6.92 Å². The van der Waals surface area contributed by atoms with E-state index in [0.717, 1.165) is 0 Å². The van der Waals surface area contributed by atoms with Crippen LogP contribution in [0.15, 0.2) is 24.8 Å². The van der Waals surface area contributed by atoms with Crippen LogP contribution >= 0.6 is 0 Å². The molecule has 0 saturated heterocycles. The van der Waals surface area contributed by atoms with Gasteiger partial charge in [0, 0.05) is 37.8 Å². The van der Waals surface area contributed by atoms with Crippen LogP contribution in [0.2, 0.25) is 0 Å². The van der Waals surface area contributed by atoms with E-state index in [1.165, 1.54) is 0 Å². The van der Waals surface area contributed by atoms with E-state index in [1.807, 2.05) is 0 Å². The van der Waals surface area contributed by atoms with Gasteiger partial charge in [0.1, 0.15) is 0 Å². The first-order chi connectivity index (χ1) is 8.46. The van der Waals surface area contributed by atoms with Crippen molar-refractivity contribution in [1.29, 1.82) is 0 Å². The van der Waals surface area contributed by atoms with E-state index in [1.54, 1.807) is 36.1 Å². The summed E-state index contributed by atoms with van der Waals surface area (Å²) in [5.41, 5.74) is 0.608. The van der Waals surface area contributed by atoms with Gasteiger partial charge in [0.05, 0.1) is 0 Å². The summed E-state index contributed by atoms with van der Waals surface area (Å²) in [5.74, 6) is -0.0152. The number of rotatable bonds is 4. The number of hydrogen-bond donors (Lipinski definition) is 1. The minimum absolute atomic E-state index is 0.207. The molecule has 2 heterocycles. The maximum atomic E-state index is 12.2. The molecule has 0 radical (unpaired) electrons. The lowest BCUT2D eigenvalue weighted by Gasteiger charge is -2.15. The Morgan fingerprint density at radius 1 is 1.28 bits per heavy atom. The van der Waals surface area contributed by atoms with Crippen molar-refractivity contribution >= 4 is 11.5 Å². The van der Waals surface area contributed by atoms with Gasteiger partial charge in [-0.2, -0.15) is 13.2 Å². The van der Waals surface area contributed by atoms with Gasteiger partial charge < -0.3 is 9.72 Å². The van der Waals surface area contributed by atoms with Crippen molar-refractivity contribution in [2.45, 2.75) is 19.5 Å². The highest BCUT2D eigenvalue weighted by Gasteiger charge is 2.29. The minimum Gasteiger partial charge on any atom is -0.367 e.